The molecular weight excluding hydrogens is 452 g/mol. The van der Waals surface area contributed by atoms with Gasteiger partial charge in [0.1, 0.15) is 24.6 Å². The molecule has 176 valence electrons. The Morgan fingerprint density at radius 1 is 0.758 bits per heavy atom. The molecule has 0 atom stereocenters. The monoisotopic (exact) mass is 484 g/mol. The number of aryl methyl sites for hydroxylation is 2. The molecule has 0 amide bonds. The zero-order valence-corrected chi connectivity index (χ0v) is 21.6. The minimum Gasteiger partial charge on any atom is -0.395 e. The summed E-state index contributed by atoms with van der Waals surface area (Å²) in [6.07, 6.45) is 11.1. The molecule has 2 heterocycles. The molecule has 33 heavy (non-hydrogen) atoms. The van der Waals surface area contributed by atoms with Crippen molar-refractivity contribution in [1.29, 1.82) is 0 Å². The summed E-state index contributed by atoms with van der Waals surface area (Å²) in [5.41, 5.74) is 8.61. The van der Waals surface area contributed by atoms with Crippen molar-refractivity contribution in [3.63, 3.8) is 0 Å². The lowest BCUT2D eigenvalue weighted by Gasteiger charge is -2.20. The van der Waals surface area contributed by atoms with Crippen LogP contribution in [-0.4, -0.2) is 47.1 Å². The summed E-state index contributed by atoms with van der Waals surface area (Å²) in [7, 11) is 0. The Labute approximate surface area is 205 Å². The molecule has 2 aliphatic carbocycles. The van der Waals surface area contributed by atoms with Gasteiger partial charge in [-0.2, -0.15) is 0 Å². The van der Waals surface area contributed by atoms with Gasteiger partial charge in [0.25, 0.3) is 0 Å². The summed E-state index contributed by atoms with van der Waals surface area (Å²) in [6, 6.07) is 4.32. The zero-order valence-electron chi connectivity index (χ0n) is 19.9. The molecule has 2 aromatic rings. The largest absolute Gasteiger partial charge is 0.395 e. The third-order valence-electron chi connectivity index (χ3n) is 5.91. The highest BCUT2D eigenvalue weighted by Gasteiger charge is 2.22. The number of nitrogens with zero attached hydrogens (tertiary/aromatic N) is 4. The van der Waals surface area contributed by atoms with Crippen LogP contribution < -0.4 is 0 Å². The molecule has 0 aromatic carbocycles. The molecule has 6 nitrogen and oxygen atoms in total. The molecule has 0 saturated heterocycles. The summed E-state index contributed by atoms with van der Waals surface area (Å²) in [4.78, 5) is 23.4. The molecule has 0 radical (unpaired) electrons. The number of fused-ring (bicyclic) bond motifs is 2. The summed E-state index contributed by atoms with van der Waals surface area (Å²) >= 11 is 3.55. The van der Waals surface area contributed by atoms with E-state index in [-0.39, 0.29) is 0 Å². The summed E-state index contributed by atoms with van der Waals surface area (Å²) in [6.45, 7) is 5.07. The van der Waals surface area contributed by atoms with E-state index in [1.165, 1.54) is 20.9 Å². The summed E-state index contributed by atoms with van der Waals surface area (Å²) in [5.74, 6) is 0. The number of aromatic nitrogens is 2. The molecule has 0 bridgehead atoms. The Balaban J connectivity index is 1.31. The SMILES string of the molecule is CSc1cc(C)nc2c1CCC/C2=N\OCCCO/N=C1\CCCc2c(SC)cc(C)nc21. The predicted molar refractivity (Wildman–Crippen MR) is 137 cm³/mol. The molecule has 2 aromatic heterocycles. The van der Waals surface area contributed by atoms with Crippen molar-refractivity contribution >= 4 is 34.9 Å². The first-order valence-corrected chi connectivity index (χ1v) is 14.0. The Hall–Kier alpha value is -2.06. The van der Waals surface area contributed by atoms with Gasteiger partial charge in [0.05, 0.1) is 11.4 Å². The van der Waals surface area contributed by atoms with Crippen LogP contribution in [0, 0.1) is 13.8 Å². The van der Waals surface area contributed by atoms with E-state index < -0.39 is 0 Å². The standard InChI is InChI=1S/C25H32N4O2S2/c1-16-14-22(32-3)18-8-5-10-20(24(18)26-16)28-30-12-7-13-31-29-21-11-6-9-19-23(33-4)15-17(2)27-25(19)21/h14-15H,5-13H2,1-4H3/b28-20+,29-21+. The third kappa shape index (κ3) is 5.72. The fourth-order valence-electron chi connectivity index (χ4n) is 4.38. The van der Waals surface area contributed by atoms with E-state index in [4.69, 9.17) is 19.6 Å². The van der Waals surface area contributed by atoms with Crippen molar-refractivity contribution in [2.75, 3.05) is 25.7 Å². The average molecular weight is 485 g/mol. The molecule has 0 fully saturated rings. The predicted octanol–water partition coefficient (Wildman–Crippen LogP) is 5.74. The van der Waals surface area contributed by atoms with Crippen LogP contribution in [0.4, 0.5) is 0 Å². The summed E-state index contributed by atoms with van der Waals surface area (Å²) in [5, 5.41) is 8.86. The van der Waals surface area contributed by atoms with Gasteiger partial charge in [-0.1, -0.05) is 10.3 Å². The van der Waals surface area contributed by atoms with E-state index in [2.05, 4.69) is 35.0 Å². The number of hydrogen-bond acceptors (Lipinski definition) is 8. The first-order valence-electron chi connectivity index (χ1n) is 11.6. The van der Waals surface area contributed by atoms with Crippen LogP contribution in [-0.2, 0) is 22.5 Å². The maximum absolute atomic E-state index is 5.64. The quantitative estimate of drug-likeness (QED) is 0.270. The molecule has 0 N–H and O–H groups in total. The van der Waals surface area contributed by atoms with Crippen LogP contribution in [0.5, 0.6) is 0 Å². The molecule has 0 spiro atoms. The normalized spacial score (nSPS) is 17.7. The Morgan fingerprint density at radius 3 is 1.64 bits per heavy atom. The topological polar surface area (TPSA) is 69.0 Å². The van der Waals surface area contributed by atoms with Crippen molar-refractivity contribution in [2.45, 2.75) is 68.6 Å². The Morgan fingerprint density at radius 2 is 1.21 bits per heavy atom. The molecule has 8 heteroatoms. The van der Waals surface area contributed by atoms with Crippen molar-refractivity contribution in [3.8, 4) is 0 Å². The highest BCUT2D eigenvalue weighted by molar-refractivity contribution is 7.98. The van der Waals surface area contributed by atoms with Crippen LogP contribution in [0.3, 0.4) is 0 Å². The first kappa shape index (κ1) is 24.1. The van der Waals surface area contributed by atoms with Crippen molar-refractivity contribution in [1.82, 2.24) is 9.97 Å². The van der Waals surface area contributed by atoms with Gasteiger partial charge < -0.3 is 9.68 Å². The highest BCUT2D eigenvalue weighted by atomic mass is 32.2. The maximum Gasteiger partial charge on any atom is 0.120 e. The lowest BCUT2D eigenvalue weighted by Crippen LogP contribution is -2.17. The average Bonchev–Trinajstić information content (AvgIpc) is 2.82. The van der Waals surface area contributed by atoms with Gasteiger partial charge in [-0.3, -0.25) is 9.97 Å². The second-order valence-electron chi connectivity index (χ2n) is 8.39. The molecule has 0 aliphatic heterocycles. The van der Waals surface area contributed by atoms with Gasteiger partial charge in [0.2, 0.25) is 0 Å². The number of thioether (sulfide) groups is 2. The number of pyridine rings is 2. The van der Waals surface area contributed by atoms with Crippen LogP contribution in [0.15, 0.2) is 32.2 Å². The zero-order chi connectivity index (χ0) is 23.2. The minimum absolute atomic E-state index is 0.495. The Bertz CT molecular complexity index is 985. The van der Waals surface area contributed by atoms with Gasteiger partial charge in [-0.15, -0.1) is 23.5 Å². The van der Waals surface area contributed by atoms with Gasteiger partial charge in [-0.05, 0) is 88.1 Å². The second-order valence-corrected chi connectivity index (χ2v) is 10.1. The first-order chi connectivity index (χ1) is 16.1. The van der Waals surface area contributed by atoms with E-state index >= 15 is 0 Å². The van der Waals surface area contributed by atoms with Gasteiger partial charge >= 0.3 is 0 Å². The van der Waals surface area contributed by atoms with Crippen LogP contribution in [0.1, 0.15) is 66.0 Å². The van der Waals surface area contributed by atoms with E-state index in [1.54, 1.807) is 23.5 Å². The van der Waals surface area contributed by atoms with E-state index in [0.29, 0.717) is 13.2 Å². The number of oxime groups is 2. The van der Waals surface area contributed by atoms with Gasteiger partial charge in [-0.25, -0.2) is 0 Å². The molecule has 4 rings (SSSR count). The van der Waals surface area contributed by atoms with E-state index in [1.807, 2.05) is 13.8 Å². The fraction of sp³-hybridized carbons (Fsp3) is 0.520. The number of hydrogen-bond donors (Lipinski definition) is 0. The smallest absolute Gasteiger partial charge is 0.120 e. The third-order valence-corrected chi connectivity index (χ3v) is 7.52. The van der Waals surface area contributed by atoms with Gasteiger partial charge in [0, 0.05) is 27.6 Å². The van der Waals surface area contributed by atoms with Crippen molar-refractivity contribution in [3.05, 3.63) is 46.0 Å². The minimum atomic E-state index is 0.495. The van der Waals surface area contributed by atoms with E-state index in [9.17, 15) is 0 Å². The molecule has 0 unspecified atom stereocenters. The molecule has 0 saturated carbocycles. The maximum atomic E-state index is 5.64. The molecule has 2 aliphatic rings. The lowest BCUT2D eigenvalue weighted by molar-refractivity contribution is 0.0894. The van der Waals surface area contributed by atoms with Crippen molar-refractivity contribution < 1.29 is 9.68 Å². The Kier molecular flexibility index (Phi) is 8.30. The van der Waals surface area contributed by atoms with Gasteiger partial charge in [0.15, 0.2) is 0 Å². The van der Waals surface area contributed by atoms with Crippen LogP contribution >= 0.6 is 23.5 Å². The van der Waals surface area contributed by atoms with Crippen LogP contribution in [0.25, 0.3) is 0 Å². The second kappa shape index (κ2) is 11.4. The summed E-state index contributed by atoms with van der Waals surface area (Å²) < 4.78 is 0. The van der Waals surface area contributed by atoms with E-state index in [0.717, 1.165) is 79.1 Å². The van der Waals surface area contributed by atoms with Crippen molar-refractivity contribution in [2.24, 2.45) is 10.3 Å². The van der Waals surface area contributed by atoms with Crippen LogP contribution in [0.2, 0.25) is 0 Å². The lowest BCUT2D eigenvalue weighted by atomic mass is 9.94. The molecular formula is C25H32N4O2S2. The highest BCUT2D eigenvalue weighted by Crippen LogP contribution is 2.31. The fourth-order valence-corrected chi connectivity index (χ4v) is 5.85. The number of rotatable bonds is 8.